The van der Waals surface area contributed by atoms with E-state index in [4.69, 9.17) is 17.3 Å². The van der Waals surface area contributed by atoms with Gasteiger partial charge in [0, 0.05) is 34.5 Å². The van der Waals surface area contributed by atoms with Crippen LogP contribution < -0.4 is 11.1 Å². The Balaban J connectivity index is 1.63. The number of halogens is 2. The number of nitrogens with two attached hydrogens (primary N) is 1. The third-order valence-corrected chi connectivity index (χ3v) is 5.29. The smallest absolute Gasteiger partial charge is 0.252 e. The number of benzene rings is 2. The summed E-state index contributed by atoms with van der Waals surface area (Å²) in [5.41, 5.74) is 7.78. The van der Waals surface area contributed by atoms with Crippen LogP contribution in [0.3, 0.4) is 0 Å². The van der Waals surface area contributed by atoms with Gasteiger partial charge < -0.3 is 11.1 Å². The van der Waals surface area contributed by atoms with Gasteiger partial charge in [0.2, 0.25) is 5.91 Å². The van der Waals surface area contributed by atoms with Crippen molar-refractivity contribution < 1.29 is 14.0 Å². The second-order valence-corrected chi connectivity index (χ2v) is 7.73. The van der Waals surface area contributed by atoms with Crippen LogP contribution in [0.25, 0.3) is 22.5 Å². The molecule has 0 aliphatic carbocycles. The quantitative estimate of drug-likeness (QED) is 0.387. The summed E-state index contributed by atoms with van der Waals surface area (Å²) in [7, 11) is 0. The van der Waals surface area contributed by atoms with Crippen molar-refractivity contribution in [3.63, 3.8) is 0 Å². The average molecular weight is 464 g/mol. The minimum absolute atomic E-state index is 0.0313. The van der Waals surface area contributed by atoms with E-state index in [2.05, 4.69) is 20.5 Å². The van der Waals surface area contributed by atoms with E-state index in [9.17, 15) is 14.0 Å². The minimum Gasteiger partial charge on any atom is -0.368 e. The van der Waals surface area contributed by atoms with Crippen molar-refractivity contribution in [3.05, 3.63) is 95.0 Å². The molecule has 0 radical (unpaired) electrons. The number of nitrogens with zero attached hydrogens (tertiary/aromatic N) is 2. The number of carbonyl (C=O) groups is 2. The van der Waals surface area contributed by atoms with Crippen LogP contribution in [-0.2, 0) is 11.2 Å². The number of nitrogens with one attached hydrogen (secondary N) is 2. The zero-order chi connectivity index (χ0) is 23.4. The summed E-state index contributed by atoms with van der Waals surface area (Å²) in [6.45, 7) is 0. The molecular formula is C24H19ClFN5O2. The Bertz CT molecular complexity index is 1290. The summed E-state index contributed by atoms with van der Waals surface area (Å²) < 4.78 is 14.9. The lowest BCUT2D eigenvalue weighted by atomic mass is 10.0. The summed E-state index contributed by atoms with van der Waals surface area (Å²) >= 11 is 5.93. The van der Waals surface area contributed by atoms with Gasteiger partial charge in [-0.15, -0.1) is 0 Å². The number of carbonyl (C=O) groups excluding carboxylic acids is 2. The van der Waals surface area contributed by atoms with Crippen LogP contribution in [-0.4, -0.2) is 33.0 Å². The number of amides is 2. The van der Waals surface area contributed by atoms with Crippen LogP contribution >= 0.6 is 11.6 Å². The lowest BCUT2D eigenvalue weighted by molar-refractivity contribution is -0.119. The number of aromatic nitrogens is 3. The van der Waals surface area contributed by atoms with E-state index >= 15 is 0 Å². The first-order valence-corrected chi connectivity index (χ1v) is 10.4. The number of hydrogen-bond donors (Lipinski definition) is 3. The van der Waals surface area contributed by atoms with Crippen LogP contribution in [0.5, 0.6) is 0 Å². The maximum Gasteiger partial charge on any atom is 0.252 e. The Morgan fingerprint density at radius 1 is 1.09 bits per heavy atom. The van der Waals surface area contributed by atoms with Gasteiger partial charge >= 0.3 is 0 Å². The Hall–Kier alpha value is -4.04. The van der Waals surface area contributed by atoms with E-state index < -0.39 is 23.7 Å². The first-order valence-electron chi connectivity index (χ1n) is 10.0. The Labute approximate surface area is 193 Å². The Morgan fingerprint density at radius 2 is 1.88 bits per heavy atom. The van der Waals surface area contributed by atoms with E-state index in [1.54, 1.807) is 54.7 Å². The molecule has 2 heterocycles. The number of hydrogen-bond acceptors (Lipinski definition) is 4. The van der Waals surface area contributed by atoms with Gasteiger partial charge in [-0.25, -0.2) is 4.39 Å². The molecule has 4 aromatic rings. The highest BCUT2D eigenvalue weighted by atomic mass is 35.5. The molecule has 0 bridgehead atoms. The van der Waals surface area contributed by atoms with E-state index in [-0.39, 0.29) is 17.5 Å². The van der Waals surface area contributed by atoms with Gasteiger partial charge in [0.25, 0.3) is 5.91 Å². The molecule has 0 aliphatic rings. The molecule has 1 atom stereocenters. The van der Waals surface area contributed by atoms with E-state index in [1.165, 1.54) is 18.2 Å². The maximum atomic E-state index is 14.9. The van der Waals surface area contributed by atoms with Crippen LogP contribution in [0.4, 0.5) is 4.39 Å². The molecule has 33 heavy (non-hydrogen) atoms. The van der Waals surface area contributed by atoms with Gasteiger partial charge in [0.05, 0.1) is 17.0 Å². The topological polar surface area (TPSA) is 114 Å². The molecule has 4 rings (SSSR count). The Morgan fingerprint density at radius 3 is 2.58 bits per heavy atom. The molecule has 2 aromatic carbocycles. The van der Waals surface area contributed by atoms with Gasteiger partial charge in [-0.1, -0.05) is 35.9 Å². The molecule has 7 nitrogen and oxygen atoms in total. The van der Waals surface area contributed by atoms with Gasteiger partial charge in [0.15, 0.2) is 0 Å². The lowest BCUT2D eigenvalue weighted by Gasteiger charge is -2.16. The summed E-state index contributed by atoms with van der Waals surface area (Å²) in [6.07, 6.45) is 1.69. The lowest BCUT2D eigenvalue weighted by Crippen LogP contribution is -2.46. The third-order valence-electron chi connectivity index (χ3n) is 5.03. The average Bonchev–Trinajstić information content (AvgIpc) is 3.29. The second kappa shape index (κ2) is 9.62. The van der Waals surface area contributed by atoms with Crippen molar-refractivity contribution in [1.82, 2.24) is 20.5 Å². The first-order chi connectivity index (χ1) is 15.9. The third kappa shape index (κ3) is 5.07. The van der Waals surface area contributed by atoms with Crippen molar-refractivity contribution in [3.8, 4) is 22.5 Å². The highest BCUT2D eigenvalue weighted by molar-refractivity contribution is 6.30. The van der Waals surface area contributed by atoms with Crippen molar-refractivity contribution in [2.45, 2.75) is 12.5 Å². The molecule has 0 saturated heterocycles. The first kappa shape index (κ1) is 22.2. The van der Waals surface area contributed by atoms with Crippen molar-refractivity contribution in [1.29, 1.82) is 0 Å². The highest BCUT2D eigenvalue weighted by Gasteiger charge is 2.24. The predicted octanol–water partition coefficient (Wildman–Crippen LogP) is 3.76. The van der Waals surface area contributed by atoms with Gasteiger partial charge in [-0.3, -0.25) is 19.7 Å². The van der Waals surface area contributed by atoms with Gasteiger partial charge in [-0.05, 0) is 42.5 Å². The van der Waals surface area contributed by atoms with Crippen LogP contribution in [0.2, 0.25) is 5.02 Å². The summed E-state index contributed by atoms with van der Waals surface area (Å²) in [5, 5.41) is 10.2. The van der Waals surface area contributed by atoms with E-state index in [0.29, 0.717) is 22.1 Å². The number of pyridine rings is 1. The Kier molecular flexibility index (Phi) is 6.46. The number of rotatable bonds is 7. The monoisotopic (exact) mass is 463 g/mol. The molecule has 0 fully saturated rings. The molecule has 9 heteroatoms. The van der Waals surface area contributed by atoms with Crippen LogP contribution in [0, 0.1) is 5.82 Å². The zero-order valence-electron chi connectivity index (χ0n) is 17.3. The second-order valence-electron chi connectivity index (χ2n) is 7.29. The standard InChI is InChI=1S/C24H19ClFN5O2/c25-15-9-7-14(8-10-15)19-13-20(31-30-19)22-17(5-3-6-18(22)26)24(33)29-21(23(27)32)12-16-4-1-2-11-28-16/h1-11,13,21H,12H2,(H2,27,32)(H,29,33)(H,30,31)/t21-/m1/s1. The molecule has 2 aromatic heterocycles. The number of primary amides is 1. The summed E-state index contributed by atoms with van der Waals surface area (Å²) in [4.78, 5) is 29.2. The summed E-state index contributed by atoms with van der Waals surface area (Å²) in [6, 6.07) is 17.0. The van der Waals surface area contributed by atoms with Crippen molar-refractivity contribution >= 4 is 23.4 Å². The normalized spacial score (nSPS) is 11.7. The summed E-state index contributed by atoms with van der Waals surface area (Å²) in [5.74, 6) is -1.99. The molecular weight excluding hydrogens is 445 g/mol. The molecule has 2 amide bonds. The molecule has 0 unspecified atom stereocenters. The predicted molar refractivity (Wildman–Crippen MR) is 123 cm³/mol. The van der Waals surface area contributed by atoms with Crippen LogP contribution in [0.1, 0.15) is 16.1 Å². The maximum absolute atomic E-state index is 14.9. The van der Waals surface area contributed by atoms with Gasteiger partial charge in [-0.2, -0.15) is 5.10 Å². The van der Waals surface area contributed by atoms with Crippen molar-refractivity contribution in [2.24, 2.45) is 5.73 Å². The zero-order valence-corrected chi connectivity index (χ0v) is 18.0. The van der Waals surface area contributed by atoms with Crippen LogP contribution in [0.15, 0.2) is 72.9 Å². The fraction of sp³-hybridized carbons (Fsp3) is 0.0833. The molecule has 0 saturated carbocycles. The van der Waals surface area contributed by atoms with Gasteiger partial charge in [0.1, 0.15) is 11.9 Å². The van der Waals surface area contributed by atoms with Crippen molar-refractivity contribution in [2.75, 3.05) is 0 Å². The number of H-pyrrole nitrogens is 1. The molecule has 4 N–H and O–H groups in total. The molecule has 0 aliphatic heterocycles. The fourth-order valence-electron chi connectivity index (χ4n) is 3.39. The fourth-order valence-corrected chi connectivity index (χ4v) is 3.52. The minimum atomic E-state index is -1.02. The van der Waals surface area contributed by atoms with E-state index in [0.717, 1.165) is 5.56 Å². The van der Waals surface area contributed by atoms with E-state index in [1.807, 2.05) is 0 Å². The molecule has 0 spiro atoms. The highest BCUT2D eigenvalue weighted by Crippen LogP contribution is 2.29. The molecule has 166 valence electrons. The SMILES string of the molecule is NC(=O)[C@@H](Cc1ccccn1)NC(=O)c1cccc(F)c1-c1cc(-c2ccc(Cl)cc2)n[nH]1. The number of aromatic amines is 1. The largest absolute Gasteiger partial charge is 0.368 e.